The first-order valence-electron chi connectivity index (χ1n) is 11.7. The Kier molecular flexibility index (Phi) is 7.92. The Morgan fingerprint density at radius 3 is 2.62 bits per heavy atom. The van der Waals surface area contributed by atoms with Gasteiger partial charge in [0.1, 0.15) is 10.6 Å². The van der Waals surface area contributed by atoms with E-state index in [-0.39, 0.29) is 5.56 Å². The summed E-state index contributed by atoms with van der Waals surface area (Å²) in [5, 5.41) is 1.62. The van der Waals surface area contributed by atoms with Gasteiger partial charge in [-0.05, 0) is 49.7 Å². The number of unbranched alkanes of at least 4 members (excludes halogenated alkanes) is 5. The summed E-state index contributed by atoms with van der Waals surface area (Å²) in [6.07, 6.45) is 8.50. The van der Waals surface area contributed by atoms with Gasteiger partial charge in [0.15, 0.2) is 5.16 Å². The van der Waals surface area contributed by atoms with Crippen molar-refractivity contribution in [3.8, 4) is 11.4 Å². The number of rotatable bonds is 10. The molecule has 0 radical (unpaired) electrons. The predicted molar refractivity (Wildman–Crippen MR) is 136 cm³/mol. The molecular formula is C25H33N3O2S2. The van der Waals surface area contributed by atoms with Gasteiger partial charge in [-0.15, -0.1) is 11.3 Å². The van der Waals surface area contributed by atoms with Gasteiger partial charge in [-0.25, -0.2) is 4.98 Å². The number of benzene rings is 1. The predicted octanol–water partition coefficient (Wildman–Crippen LogP) is 5.90. The molecule has 0 bridgehead atoms. The minimum absolute atomic E-state index is 0.0627. The van der Waals surface area contributed by atoms with Crippen molar-refractivity contribution in [2.45, 2.75) is 63.6 Å². The standard InChI is InChI=1S/C25H33N3O2S2/c1-4-5-6-7-8-9-16-31-25-26-23-22(20-14-15-27(2)17-21(20)32-23)24(29)28(25)18-10-12-19(30-3)13-11-18/h10-13H,4-9,14-17H2,1-3H3. The Bertz CT molecular complexity index is 1110. The molecule has 0 saturated carbocycles. The Morgan fingerprint density at radius 2 is 1.88 bits per heavy atom. The molecule has 0 amide bonds. The quantitative estimate of drug-likeness (QED) is 0.209. The maximum absolute atomic E-state index is 13.8. The molecule has 0 atom stereocenters. The Hall–Kier alpha value is -1.83. The first-order valence-corrected chi connectivity index (χ1v) is 13.5. The van der Waals surface area contributed by atoms with Crippen molar-refractivity contribution in [3.63, 3.8) is 0 Å². The zero-order chi connectivity index (χ0) is 22.5. The number of hydrogen-bond acceptors (Lipinski definition) is 6. The van der Waals surface area contributed by atoms with Crippen LogP contribution >= 0.6 is 23.1 Å². The van der Waals surface area contributed by atoms with Crippen molar-refractivity contribution in [2.24, 2.45) is 0 Å². The number of likely N-dealkylation sites (N-methyl/N-ethyl adjacent to an activating group) is 1. The van der Waals surface area contributed by atoms with Crippen LogP contribution in [0.15, 0.2) is 34.2 Å². The highest BCUT2D eigenvalue weighted by Crippen LogP contribution is 2.34. The molecule has 0 fully saturated rings. The Balaban J connectivity index is 1.67. The lowest BCUT2D eigenvalue weighted by atomic mass is 10.1. The molecular weight excluding hydrogens is 438 g/mol. The zero-order valence-corrected chi connectivity index (χ0v) is 21.0. The SMILES string of the molecule is CCCCCCCCSc1nc2sc3c(c2c(=O)n1-c1ccc(OC)cc1)CCN(C)C3. The van der Waals surface area contributed by atoms with Gasteiger partial charge in [0.25, 0.3) is 5.56 Å². The monoisotopic (exact) mass is 471 g/mol. The molecule has 5 nitrogen and oxygen atoms in total. The number of thiophene rings is 1. The maximum atomic E-state index is 13.8. The molecule has 2 aromatic heterocycles. The average Bonchev–Trinajstić information content (AvgIpc) is 3.16. The molecule has 3 heterocycles. The van der Waals surface area contributed by atoms with E-state index in [1.807, 2.05) is 28.8 Å². The fraction of sp³-hybridized carbons (Fsp3) is 0.520. The van der Waals surface area contributed by atoms with Crippen molar-refractivity contribution in [1.82, 2.24) is 14.5 Å². The van der Waals surface area contributed by atoms with E-state index in [2.05, 4.69) is 18.9 Å². The van der Waals surface area contributed by atoms with Crippen LogP contribution in [-0.2, 0) is 13.0 Å². The summed E-state index contributed by atoms with van der Waals surface area (Å²) in [5.74, 6) is 1.77. The van der Waals surface area contributed by atoms with E-state index in [1.165, 1.54) is 42.5 Å². The third-order valence-electron chi connectivity index (χ3n) is 6.09. The summed E-state index contributed by atoms with van der Waals surface area (Å²) in [4.78, 5) is 23.3. The molecule has 32 heavy (non-hydrogen) atoms. The van der Waals surface area contributed by atoms with Crippen molar-refractivity contribution < 1.29 is 4.74 Å². The fourth-order valence-electron chi connectivity index (χ4n) is 4.25. The van der Waals surface area contributed by atoms with Crippen molar-refractivity contribution in [3.05, 3.63) is 45.1 Å². The van der Waals surface area contributed by atoms with Gasteiger partial charge in [-0.3, -0.25) is 9.36 Å². The van der Waals surface area contributed by atoms with Crippen LogP contribution in [0.25, 0.3) is 15.9 Å². The number of hydrogen-bond donors (Lipinski definition) is 0. The number of nitrogens with zero attached hydrogens (tertiary/aromatic N) is 3. The average molecular weight is 472 g/mol. The minimum Gasteiger partial charge on any atom is -0.497 e. The summed E-state index contributed by atoms with van der Waals surface area (Å²) in [7, 11) is 3.80. The van der Waals surface area contributed by atoms with Gasteiger partial charge in [0, 0.05) is 23.7 Å². The highest BCUT2D eigenvalue weighted by atomic mass is 32.2. The first-order chi connectivity index (χ1) is 15.6. The van der Waals surface area contributed by atoms with Crippen LogP contribution in [0.3, 0.4) is 0 Å². The van der Waals surface area contributed by atoms with Crippen LogP contribution in [0.5, 0.6) is 5.75 Å². The minimum atomic E-state index is 0.0627. The van der Waals surface area contributed by atoms with Crippen LogP contribution < -0.4 is 10.3 Å². The molecule has 0 N–H and O–H groups in total. The van der Waals surface area contributed by atoms with Gasteiger partial charge in [0.05, 0.1) is 18.2 Å². The van der Waals surface area contributed by atoms with Crippen LogP contribution in [0.2, 0.25) is 0 Å². The van der Waals surface area contributed by atoms with Gasteiger partial charge in [0.2, 0.25) is 0 Å². The third-order valence-corrected chi connectivity index (χ3v) is 8.23. The van der Waals surface area contributed by atoms with Crippen LogP contribution in [0.1, 0.15) is 55.9 Å². The van der Waals surface area contributed by atoms with Gasteiger partial charge in [-0.1, -0.05) is 50.8 Å². The van der Waals surface area contributed by atoms with Crippen LogP contribution in [0, 0.1) is 0 Å². The first kappa shape index (κ1) is 23.3. The lowest BCUT2D eigenvalue weighted by Crippen LogP contribution is -2.27. The van der Waals surface area contributed by atoms with Crippen molar-refractivity contribution in [2.75, 3.05) is 26.5 Å². The van der Waals surface area contributed by atoms with E-state index in [0.29, 0.717) is 0 Å². The molecule has 0 spiro atoms. The van der Waals surface area contributed by atoms with E-state index in [1.54, 1.807) is 30.2 Å². The molecule has 1 aromatic carbocycles. The van der Waals surface area contributed by atoms with E-state index in [9.17, 15) is 4.79 Å². The van der Waals surface area contributed by atoms with Gasteiger partial charge < -0.3 is 9.64 Å². The molecule has 0 unspecified atom stereocenters. The number of aromatic nitrogens is 2. The molecule has 3 aromatic rings. The molecule has 4 rings (SSSR count). The third kappa shape index (κ3) is 5.05. The number of ether oxygens (including phenoxy) is 1. The summed E-state index contributed by atoms with van der Waals surface area (Å²) >= 11 is 3.40. The van der Waals surface area contributed by atoms with Crippen molar-refractivity contribution >= 4 is 33.3 Å². The topological polar surface area (TPSA) is 47.4 Å². The Morgan fingerprint density at radius 1 is 1.12 bits per heavy atom. The number of thioether (sulfide) groups is 1. The second-order valence-electron chi connectivity index (χ2n) is 8.52. The second-order valence-corrected chi connectivity index (χ2v) is 10.7. The summed E-state index contributed by atoms with van der Waals surface area (Å²) in [5.41, 5.74) is 2.12. The normalized spacial score (nSPS) is 14.1. The fourth-order valence-corrected chi connectivity index (χ4v) is 6.61. The van der Waals surface area contributed by atoms with Gasteiger partial charge in [-0.2, -0.15) is 0 Å². The second kappa shape index (κ2) is 10.9. The summed E-state index contributed by atoms with van der Waals surface area (Å²) in [6, 6.07) is 7.72. The zero-order valence-electron chi connectivity index (χ0n) is 19.4. The molecule has 0 aliphatic carbocycles. The molecule has 7 heteroatoms. The maximum Gasteiger partial charge on any atom is 0.267 e. The molecule has 1 aliphatic rings. The molecule has 172 valence electrons. The van der Waals surface area contributed by atoms with E-state index in [0.717, 1.165) is 58.5 Å². The van der Waals surface area contributed by atoms with E-state index in [4.69, 9.17) is 9.72 Å². The molecule has 0 saturated heterocycles. The van der Waals surface area contributed by atoms with Gasteiger partial charge >= 0.3 is 0 Å². The largest absolute Gasteiger partial charge is 0.497 e. The van der Waals surface area contributed by atoms with Crippen LogP contribution in [0.4, 0.5) is 0 Å². The summed E-state index contributed by atoms with van der Waals surface area (Å²) in [6.45, 7) is 4.13. The number of methoxy groups -OCH3 is 1. The summed E-state index contributed by atoms with van der Waals surface area (Å²) < 4.78 is 7.13. The van der Waals surface area contributed by atoms with E-state index >= 15 is 0 Å². The smallest absolute Gasteiger partial charge is 0.267 e. The van der Waals surface area contributed by atoms with Crippen molar-refractivity contribution in [1.29, 1.82) is 0 Å². The van der Waals surface area contributed by atoms with E-state index < -0.39 is 0 Å². The lowest BCUT2D eigenvalue weighted by molar-refractivity contribution is 0.318. The highest BCUT2D eigenvalue weighted by Gasteiger charge is 2.24. The highest BCUT2D eigenvalue weighted by molar-refractivity contribution is 7.99. The molecule has 1 aliphatic heterocycles. The van der Waals surface area contributed by atoms with Crippen LogP contribution in [-0.4, -0.2) is 40.9 Å². The Labute approximate surface area is 198 Å². The lowest BCUT2D eigenvalue weighted by Gasteiger charge is -2.21. The number of fused-ring (bicyclic) bond motifs is 3.